The minimum absolute atomic E-state index is 0.123. The molecule has 0 unspecified atom stereocenters. The average Bonchev–Trinajstić information content (AvgIpc) is 2.96. The van der Waals surface area contributed by atoms with Crippen molar-refractivity contribution in [3.8, 4) is 22.8 Å². The van der Waals surface area contributed by atoms with Crippen molar-refractivity contribution in [2.75, 3.05) is 7.11 Å². The number of methoxy groups -OCH3 is 1. The van der Waals surface area contributed by atoms with Crippen LogP contribution in [-0.2, 0) is 0 Å². The number of pyridine rings is 1. The summed E-state index contributed by atoms with van der Waals surface area (Å²) in [5.74, 6) is 2.19. The van der Waals surface area contributed by atoms with Crippen LogP contribution in [-0.4, -0.2) is 26.9 Å². The van der Waals surface area contributed by atoms with Crippen LogP contribution in [0.2, 0.25) is 0 Å². The fourth-order valence-electron chi connectivity index (χ4n) is 2.70. The first-order chi connectivity index (χ1) is 11.5. The van der Waals surface area contributed by atoms with E-state index in [4.69, 9.17) is 4.74 Å². The Morgan fingerprint density at radius 2 is 1.92 bits per heavy atom. The second-order valence-electron chi connectivity index (χ2n) is 5.87. The number of benzene rings is 1. The summed E-state index contributed by atoms with van der Waals surface area (Å²) in [5.41, 5.74) is 2.38. The monoisotopic (exact) mass is 324 g/mol. The summed E-state index contributed by atoms with van der Waals surface area (Å²) in [6, 6.07) is 10.9. The number of aryl methyl sites for hydroxylation is 1. The molecule has 1 aromatic carbocycles. The molecule has 0 bridgehead atoms. The normalized spacial score (nSPS) is 11.0. The van der Waals surface area contributed by atoms with Crippen LogP contribution in [0.4, 0.5) is 0 Å². The highest BCUT2D eigenvalue weighted by Gasteiger charge is 2.19. The summed E-state index contributed by atoms with van der Waals surface area (Å²) in [6.07, 6.45) is 0. The molecule has 3 aromatic rings. The third-order valence-corrected chi connectivity index (χ3v) is 3.79. The molecule has 124 valence electrons. The molecule has 6 heteroatoms. The van der Waals surface area contributed by atoms with Gasteiger partial charge in [-0.2, -0.15) is 5.10 Å². The topological polar surface area (TPSA) is 72.8 Å². The molecular weight excluding hydrogens is 304 g/mol. The van der Waals surface area contributed by atoms with E-state index in [1.54, 1.807) is 17.9 Å². The van der Waals surface area contributed by atoms with Gasteiger partial charge in [0.05, 0.1) is 7.11 Å². The van der Waals surface area contributed by atoms with E-state index in [1.165, 1.54) is 6.07 Å². The third kappa shape index (κ3) is 2.82. The predicted octanol–water partition coefficient (Wildman–Crippen LogP) is 3.06. The van der Waals surface area contributed by atoms with Crippen LogP contribution in [0, 0.1) is 6.92 Å². The van der Waals surface area contributed by atoms with Crippen LogP contribution in [0.1, 0.15) is 31.3 Å². The van der Waals surface area contributed by atoms with E-state index >= 15 is 0 Å². The highest BCUT2D eigenvalue weighted by molar-refractivity contribution is 5.63. The van der Waals surface area contributed by atoms with Gasteiger partial charge >= 0.3 is 0 Å². The Labute approximate surface area is 140 Å². The van der Waals surface area contributed by atoms with Gasteiger partial charge in [0.15, 0.2) is 5.82 Å². The van der Waals surface area contributed by atoms with E-state index in [2.05, 4.69) is 15.1 Å². The maximum absolute atomic E-state index is 11.7. The standard InChI is InChI=1S/C18H20N4O2/c1-11(2)17-13(9-10-16(23)20-17)18-19-12(3)21-22(18)14-7-5-6-8-15(14)24-4/h5-11H,1-4H3,(H,20,23). The quantitative estimate of drug-likeness (QED) is 0.800. The van der Waals surface area contributed by atoms with Crippen molar-refractivity contribution >= 4 is 0 Å². The van der Waals surface area contributed by atoms with Gasteiger partial charge in [-0.1, -0.05) is 26.0 Å². The van der Waals surface area contributed by atoms with Gasteiger partial charge in [-0.25, -0.2) is 9.67 Å². The second-order valence-corrected chi connectivity index (χ2v) is 5.87. The van der Waals surface area contributed by atoms with Crippen molar-refractivity contribution in [1.29, 1.82) is 0 Å². The molecule has 0 radical (unpaired) electrons. The van der Waals surface area contributed by atoms with E-state index in [-0.39, 0.29) is 11.5 Å². The maximum Gasteiger partial charge on any atom is 0.248 e. The molecule has 0 atom stereocenters. The number of rotatable bonds is 4. The van der Waals surface area contributed by atoms with E-state index in [0.29, 0.717) is 17.4 Å². The van der Waals surface area contributed by atoms with Gasteiger partial charge in [-0.05, 0) is 31.0 Å². The summed E-state index contributed by atoms with van der Waals surface area (Å²) in [4.78, 5) is 19.2. The molecule has 3 rings (SSSR count). The lowest BCUT2D eigenvalue weighted by atomic mass is 10.0. The lowest BCUT2D eigenvalue weighted by molar-refractivity contribution is 0.412. The number of hydrogen-bond acceptors (Lipinski definition) is 4. The van der Waals surface area contributed by atoms with Crippen molar-refractivity contribution in [3.63, 3.8) is 0 Å². The Morgan fingerprint density at radius 1 is 1.17 bits per heavy atom. The molecule has 0 aliphatic heterocycles. The highest BCUT2D eigenvalue weighted by atomic mass is 16.5. The number of ether oxygens (including phenoxy) is 1. The largest absolute Gasteiger partial charge is 0.494 e. The Balaban J connectivity index is 2.27. The Morgan fingerprint density at radius 3 is 2.62 bits per heavy atom. The summed E-state index contributed by atoms with van der Waals surface area (Å²) in [6.45, 7) is 5.91. The third-order valence-electron chi connectivity index (χ3n) is 3.79. The van der Waals surface area contributed by atoms with Gasteiger partial charge in [0, 0.05) is 17.3 Å². The molecule has 6 nitrogen and oxygen atoms in total. The minimum Gasteiger partial charge on any atom is -0.494 e. The summed E-state index contributed by atoms with van der Waals surface area (Å²) in [7, 11) is 1.63. The van der Waals surface area contributed by atoms with Crippen LogP contribution in [0.25, 0.3) is 17.1 Å². The number of nitrogens with one attached hydrogen (secondary N) is 1. The first-order valence-corrected chi connectivity index (χ1v) is 7.82. The van der Waals surface area contributed by atoms with Gasteiger partial charge in [-0.3, -0.25) is 4.79 Å². The number of aromatic amines is 1. The maximum atomic E-state index is 11.7. The molecule has 0 amide bonds. The van der Waals surface area contributed by atoms with Gasteiger partial charge in [0.2, 0.25) is 5.56 Å². The van der Waals surface area contributed by atoms with Crippen molar-refractivity contribution in [3.05, 3.63) is 58.3 Å². The van der Waals surface area contributed by atoms with E-state index in [0.717, 1.165) is 16.9 Å². The number of nitrogens with zero attached hydrogens (tertiary/aromatic N) is 3. The Kier molecular flexibility index (Phi) is 4.20. The zero-order valence-electron chi connectivity index (χ0n) is 14.2. The molecule has 24 heavy (non-hydrogen) atoms. The van der Waals surface area contributed by atoms with E-state index in [1.807, 2.05) is 45.0 Å². The van der Waals surface area contributed by atoms with E-state index in [9.17, 15) is 4.79 Å². The Bertz CT molecular complexity index is 925. The van der Waals surface area contributed by atoms with Crippen LogP contribution < -0.4 is 10.3 Å². The smallest absolute Gasteiger partial charge is 0.248 e. The molecule has 2 aromatic heterocycles. The summed E-state index contributed by atoms with van der Waals surface area (Å²) in [5, 5.41) is 4.52. The van der Waals surface area contributed by atoms with Crippen molar-refractivity contribution in [2.45, 2.75) is 26.7 Å². The SMILES string of the molecule is COc1ccccc1-n1nc(C)nc1-c1ccc(=O)[nH]c1C(C)C. The van der Waals surface area contributed by atoms with Crippen LogP contribution in [0.15, 0.2) is 41.2 Å². The van der Waals surface area contributed by atoms with Crippen molar-refractivity contribution < 1.29 is 4.74 Å². The molecule has 0 spiro atoms. The highest BCUT2D eigenvalue weighted by Crippen LogP contribution is 2.30. The Hall–Kier alpha value is -2.89. The van der Waals surface area contributed by atoms with Gasteiger partial charge in [0.1, 0.15) is 17.3 Å². The fraction of sp³-hybridized carbons (Fsp3) is 0.278. The van der Waals surface area contributed by atoms with Crippen LogP contribution in [0.5, 0.6) is 5.75 Å². The summed E-state index contributed by atoms with van der Waals surface area (Å²) < 4.78 is 7.21. The molecular formula is C18H20N4O2. The molecule has 2 heterocycles. The average molecular weight is 324 g/mol. The van der Waals surface area contributed by atoms with Crippen molar-refractivity contribution in [2.24, 2.45) is 0 Å². The van der Waals surface area contributed by atoms with Crippen molar-refractivity contribution in [1.82, 2.24) is 19.7 Å². The van der Waals surface area contributed by atoms with Gasteiger partial charge in [-0.15, -0.1) is 0 Å². The van der Waals surface area contributed by atoms with Crippen LogP contribution >= 0.6 is 0 Å². The molecule has 0 aliphatic carbocycles. The predicted molar refractivity (Wildman–Crippen MR) is 92.8 cm³/mol. The van der Waals surface area contributed by atoms with Gasteiger partial charge in [0.25, 0.3) is 0 Å². The zero-order valence-corrected chi connectivity index (χ0v) is 14.2. The zero-order chi connectivity index (χ0) is 17.3. The first-order valence-electron chi connectivity index (χ1n) is 7.82. The molecule has 0 saturated heterocycles. The first kappa shape index (κ1) is 16.0. The van der Waals surface area contributed by atoms with Crippen LogP contribution in [0.3, 0.4) is 0 Å². The number of hydrogen-bond donors (Lipinski definition) is 1. The molecule has 1 N–H and O–H groups in total. The minimum atomic E-state index is -0.123. The second kappa shape index (κ2) is 6.31. The molecule has 0 saturated carbocycles. The number of aromatic nitrogens is 4. The number of H-pyrrole nitrogens is 1. The fourth-order valence-corrected chi connectivity index (χ4v) is 2.70. The summed E-state index contributed by atoms with van der Waals surface area (Å²) >= 11 is 0. The van der Waals surface area contributed by atoms with Gasteiger partial charge < -0.3 is 9.72 Å². The molecule has 0 aliphatic rings. The lowest BCUT2D eigenvalue weighted by Gasteiger charge is -2.14. The lowest BCUT2D eigenvalue weighted by Crippen LogP contribution is -2.11. The number of para-hydroxylation sites is 2. The molecule has 0 fully saturated rings. The van der Waals surface area contributed by atoms with E-state index < -0.39 is 0 Å².